The van der Waals surface area contributed by atoms with Crippen molar-refractivity contribution < 1.29 is 14.4 Å². The van der Waals surface area contributed by atoms with Gasteiger partial charge in [0.15, 0.2) is 12.1 Å². The van der Waals surface area contributed by atoms with E-state index in [0.29, 0.717) is 41.2 Å². The van der Waals surface area contributed by atoms with Crippen molar-refractivity contribution in [1.82, 2.24) is 15.5 Å². The number of aliphatic hydroxyl groups is 1. The van der Waals surface area contributed by atoms with Crippen molar-refractivity contribution in [3.63, 3.8) is 0 Å². The first-order chi connectivity index (χ1) is 10.2. The van der Waals surface area contributed by atoms with Crippen LogP contribution in [0.25, 0.3) is 0 Å². The Bertz CT molecular complexity index is 531. The lowest BCUT2D eigenvalue weighted by molar-refractivity contribution is 0.106. The van der Waals surface area contributed by atoms with Gasteiger partial charge in [-0.3, -0.25) is 0 Å². The van der Waals surface area contributed by atoms with Gasteiger partial charge in [-0.05, 0) is 12.1 Å². The van der Waals surface area contributed by atoms with E-state index in [2.05, 4.69) is 15.5 Å². The Balaban J connectivity index is 1.66. The molecule has 114 valence electrons. The number of nitrogens with one attached hydrogen (secondary N) is 1. The number of benzene rings is 1. The first-order valence-electron chi connectivity index (χ1n) is 6.38. The molecule has 1 aromatic heterocycles. The van der Waals surface area contributed by atoms with E-state index in [-0.39, 0.29) is 6.61 Å². The smallest absolute Gasteiger partial charge is 0.227 e. The Morgan fingerprint density at radius 3 is 2.76 bits per heavy atom. The SMILES string of the molecule is OC(CNCCc1ncno1)COc1c(Cl)cccc1Cl. The first-order valence-corrected chi connectivity index (χ1v) is 7.13. The molecule has 1 atom stereocenters. The molecule has 0 aliphatic carbocycles. The zero-order valence-corrected chi connectivity index (χ0v) is 12.6. The molecule has 0 saturated heterocycles. The van der Waals surface area contributed by atoms with Gasteiger partial charge >= 0.3 is 0 Å². The van der Waals surface area contributed by atoms with E-state index in [4.69, 9.17) is 32.5 Å². The van der Waals surface area contributed by atoms with E-state index in [1.165, 1.54) is 6.33 Å². The maximum absolute atomic E-state index is 9.82. The van der Waals surface area contributed by atoms with Gasteiger partial charge in [-0.15, -0.1) is 0 Å². The fourth-order valence-electron chi connectivity index (χ4n) is 1.63. The standard InChI is InChI=1S/C13H15Cl2N3O3/c14-10-2-1-3-11(15)13(10)20-7-9(19)6-16-5-4-12-17-8-18-21-12/h1-3,8-9,16,19H,4-7H2. The Morgan fingerprint density at radius 1 is 1.33 bits per heavy atom. The largest absolute Gasteiger partial charge is 0.488 e. The molecule has 2 N–H and O–H groups in total. The number of aliphatic hydroxyl groups excluding tert-OH is 1. The predicted octanol–water partition coefficient (Wildman–Crippen LogP) is 1.95. The Morgan fingerprint density at radius 2 is 2.10 bits per heavy atom. The van der Waals surface area contributed by atoms with E-state index < -0.39 is 6.10 Å². The third kappa shape index (κ3) is 5.17. The summed E-state index contributed by atoms with van der Waals surface area (Å²) in [7, 11) is 0. The van der Waals surface area contributed by atoms with Crippen LogP contribution >= 0.6 is 23.2 Å². The van der Waals surface area contributed by atoms with Crippen LogP contribution in [0.15, 0.2) is 29.0 Å². The van der Waals surface area contributed by atoms with Crippen LogP contribution in [0.4, 0.5) is 0 Å². The molecule has 0 amide bonds. The number of hydrogen-bond acceptors (Lipinski definition) is 6. The average Bonchev–Trinajstić information content (AvgIpc) is 2.96. The van der Waals surface area contributed by atoms with Crippen LogP contribution in [0, 0.1) is 0 Å². The Hall–Kier alpha value is -1.34. The number of para-hydroxylation sites is 1. The van der Waals surface area contributed by atoms with Crippen LogP contribution in [0.3, 0.4) is 0 Å². The normalized spacial score (nSPS) is 12.3. The van der Waals surface area contributed by atoms with Gasteiger partial charge in [0.05, 0.1) is 10.0 Å². The molecule has 1 heterocycles. The van der Waals surface area contributed by atoms with E-state index in [0.717, 1.165) is 0 Å². The second kappa shape index (κ2) is 8.19. The maximum Gasteiger partial charge on any atom is 0.227 e. The summed E-state index contributed by atoms with van der Waals surface area (Å²) in [6.45, 7) is 1.08. The summed E-state index contributed by atoms with van der Waals surface area (Å²) in [4.78, 5) is 3.89. The lowest BCUT2D eigenvalue weighted by Crippen LogP contribution is -2.32. The number of ether oxygens (including phenoxy) is 1. The average molecular weight is 332 g/mol. The van der Waals surface area contributed by atoms with Crippen molar-refractivity contribution in [2.75, 3.05) is 19.7 Å². The quantitative estimate of drug-likeness (QED) is 0.719. The zero-order chi connectivity index (χ0) is 15.1. The van der Waals surface area contributed by atoms with Crippen molar-refractivity contribution in [2.45, 2.75) is 12.5 Å². The lowest BCUT2D eigenvalue weighted by atomic mass is 10.3. The highest BCUT2D eigenvalue weighted by Crippen LogP contribution is 2.32. The number of aromatic nitrogens is 2. The minimum atomic E-state index is -0.681. The molecule has 21 heavy (non-hydrogen) atoms. The number of nitrogens with zero attached hydrogens (tertiary/aromatic N) is 2. The minimum absolute atomic E-state index is 0.0943. The first kappa shape index (κ1) is 16.0. The van der Waals surface area contributed by atoms with Crippen molar-refractivity contribution in [3.8, 4) is 5.75 Å². The molecule has 2 aromatic rings. The maximum atomic E-state index is 9.82. The number of hydrogen-bond donors (Lipinski definition) is 2. The van der Waals surface area contributed by atoms with Crippen LogP contribution in [0.1, 0.15) is 5.89 Å². The Labute approximate surface area is 132 Å². The molecular formula is C13H15Cl2N3O3. The van der Waals surface area contributed by atoms with Crippen molar-refractivity contribution in [2.24, 2.45) is 0 Å². The molecule has 0 radical (unpaired) electrons. The van der Waals surface area contributed by atoms with Crippen molar-refractivity contribution in [3.05, 3.63) is 40.5 Å². The number of halogens is 2. The molecule has 0 aliphatic rings. The van der Waals surface area contributed by atoms with Gasteiger partial charge < -0.3 is 19.7 Å². The molecular weight excluding hydrogens is 317 g/mol. The molecule has 0 fully saturated rings. The molecule has 1 unspecified atom stereocenters. The fraction of sp³-hybridized carbons (Fsp3) is 0.385. The van der Waals surface area contributed by atoms with Crippen LogP contribution in [-0.2, 0) is 6.42 Å². The fourth-order valence-corrected chi connectivity index (χ4v) is 2.14. The van der Waals surface area contributed by atoms with Crippen LogP contribution in [-0.4, -0.2) is 41.0 Å². The molecule has 2 rings (SSSR count). The minimum Gasteiger partial charge on any atom is -0.488 e. The monoisotopic (exact) mass is 331 g/mol. The van der Waals surface area contributed by atoms with Gasteiger partial charge in [-0.2, -0.15) is 4.98 Å². The van der Waals surface area contributed by atoms with Gasteiger partial charge in [-0.25, -0.2) is 0 Å². The highest BCUT2D eigenvalue weighted by Gasteiger charge is 2.10. The predicted molar refractivity (Wildman–Crippen MR) is 78.8 cm³/mol. The summed E-state index contributed by atoms with van der Waals surface area (Å²) < 4.78 is 10.3. The molecule has 0 bridgehead atoms. The topological polar surface area (TPSA) is 80.4 Å². The highest BCUT2D eigenvalue weighted by molar-refractivity contribution is 6.37. The summed E-state index contributed by atoms with van der Waals surface area (Å²) in [5, 5.41) is 17.2. The molecule has 1 aromatic carbocycles. The summed E-state index contributed by atoms with van der Waals surface area (Å²) in [6.07, 6.45) is 1.27. The van der Waals surface area contributed by atoms with E-state index >= 15 is 0 Å². The Kier molecular flexibility index (Phi) is 6.25. The van der Waals surface area contributed by atoms with Gasteiger partial charge in [0, 0.05) is 19.5 Å². The van der Waals surface area contributed by atoms with Crippen LogP contribution in [0.2, 0.25) is 10.0 Å². The van der Waals surface area contributed by atoms with Crippen LogP contribution < -0.4 is 10.1 Å². The molecule has 0 spiro atoms. The lowest BCUT2D eigenvalue weighted by Gasteiger charge is -2.14. The van der Waals surface area contributed by atoms with E-state index in [1.54, 1.807) is 18.2 Å². The molecule has 0 aliphatic heterocycles. The highest BCUT2D eigenvalue weighted by atomic mass is 35.5. The number of rotatable bonds is 8. The van der Waals surface area contributed by atoms with Gasteiger partial charge in [0.1, 0.15) is 12.7 Å². The second-order valence-corrected chi connectivity index (χ2v) is 5.12. The summed E-state index contributed by atoms with van der Waals surface area (Å²) in [5.74, 6) is 0.932. The van der Waals surface area contributed by atoms with E-state index in [1.807, 2.05) is 0 Å². The summed E-state index contributed by atoms with van der Waals surface area (Å²) >= 11 is 11.9. The molecule has 8 heteroatoms. The van der Waals surface area contributed by atoms with Crippen molar-refractivity contribution in [1.29, 1.82) is 0 Å². The molecule has 6 nitrogen and oxygen atoms in total. The van der Waals surface area contributed by atoms with Gasteiger partial charge in [0.25, 0.3) is 0 Å². The summed E-state index contributed by atoms with van der Waals surface area (Å²) in [5.41, 5.74) is 0. The third-order valence-electron chi connectivity index (χ3n) is 2.64. The van der Waals surface area contributed by atoms with Gasteiger partial charge in [-0.1, -0.05) is 34.4 Å². The van der Waals surface area contributed by atoms with Crippen molar-refractivity contribution >= 4 is 23.2 Å². The second-order valence-electron chi connectivity index (χ2n) is 4.30. The van der Waals surface area contributed by atoms with Gasteiger partial charge in [0.2, 0.25) is 5.89 Å². The summed E-state index contributed by atoms with van der Waals surface area (Å²) in [6, 6.07) is 5.09. The van der Waals surface area contributed by atoms with E-state index in [9.17, 15) is 5.11 Å². The third-order valence-corrected chi connectivity index (χ3v) is 3.24. The zero-order valence-electron chi connectivity index (χ0n) is 11.1. The molecule has 0 saturated carbocycles. The van der Waals surface area contributed by atoms with Crippen LogP contribution in [0.5, 0.6) is 5.75 Å².